The number of hydrogen-bond acceptors (Lipinski definition) is 6. The van der Waals surface area contributed by atoms with E-state index in [2.05, 4.69) is 25.2 Å². The molecule has 0 spiro atoms. The summed E-state index contributed by atoms with van der Waals surface area (Å²) in [6, 6.07) is 8.66. The molecule has 11 heteroatoms. The predicted octanol–water partition coefficient (Wildman–Crippen LogP) is 4.27. The number of thiazole rings is 1. The molecule has 0 fully saturated rings. The Kier molecular flexibility index (Phi) is 5.22. The highest BCUT2D eigenvalue weighted by Crippen LogP contribution is 2.34. The third kappa shape index (κ3) is 4.30. The number of carbonyl (C=O) groups excluding carboxylic acids is 1. The average Bonchev–Trinajstić information content (AvgIpc) is 3.31. The Morgan fingerprint density at radius 2 is 1.93 bits per heavy atom. The summed E-state index contributed by atoms with van der Waals surface area (Å²) in [5, 5.41) is 13.4. The number of sulfonamides is 1. The number of carbonyl (C=O) groups is 1. The lowest BCUT2D eigenvalue weighted by molar-refractivity contribution is 0.102. The number of nitrogens with zero attached hydrogens (tertiary/aromatic N) is 2. The summed E-state index contributed by atoms with van der Waals surface area (Å²) in [4.78, 5) is 16.8. The Labute approximate surface area is 181 Å². The lowest BCUT2D eigenvalue weighted by Gasteiger charge is -2.12. The Morgan fingerprint density at radius 3 is 2.63 bits per heavy atom. The Bertz CT molecular complexity index is 1380. The summed E-state index contributed by atoms with van der Waals surface area (Å²) >= 11 is 7.53. The molecule has 0 saturated heterocycles. The number of aromatic amines is 1. The van der Waals surface area contributed by atoms with E-state index in [9.17, 15) is 13.2 Å². The number of aromatic nitrogens is 3. The van der Waals surface area contributed by atoms with Gasteiger partial charge in [-0.2, -0.15) is 5.10 Å². The fraction of sp³-hybridized carbons (Fsp3) is 0.105. The first kappa shape index (κ1) is 20.3. The molecule has 8 nitrogen and oxygen atoms in total. The Hall–Kier alpha value is -2.95. The molecular formula is C19H16ClN5O3S2. The van der Waals surface area contributed by atoms with Crippen LogP contribution in [0.1, 0.15) is 15.5 Å². The number of anilines is 2. The minimum atomic E-state index is -3.49. The number of amides is 1. The Morgan fingerprint density at radius 1 is 1.17 bits per heavy atom. The zero-order chi connectivity index (χ0) is 21.5. The minimum Gasteiger partial charge on any atom is -0.320 e. The molecule has 0 atom stereocenters. The van der Waals surface area contributed by atoms with Crippen LogP contribution < -0.4 is 10.0 Å². The van der Waals surface area contributed by atoms with Gasteiger partial charge in [-0.05, 0) is 42.3 Å². The van der Waals surface area contributed by atoms with Crippen molar-refractivity contribution in [3.05, 3.63) is 57.6 Å². The van der Waals surface area contributed by atoms with Crippen LogP contribution in [-0.2, 0) is 10.0 Å². The van der Waals surface area contributed by atoms with Crippen molar-refractivity contribution in [2.75, 3.05) is 16.3 Å². The summed E-state index contributed by atoms with van der Waals surface area (Å²) in [5.74, 6) is -0.325. The van der Waals surface area contributed by atoms with E-state index < -0.39 is 10.0 Å². The van der Waals surface area contributed by atoms with Crippen molar-refractivity contribution in [3.8, 4) is 11.1 Å². The zero-order valence-electron chi connectivity index (χ0n) is 15.9. The summed E-state index contributed by atoms with van der Waals surface area (Å²) in [6.45, 7) is 1.83. The van der Waals surface area contributed by atoms with Crippen molar-refractivity contribution >= 4 is 61.1 Å². The molecule has 0 unspecified atom stereocenters. The topological polar surface area (TPSA) is 117 Å². The quantitative estimate of drug-likeness (QED) is 0.410. The van der Waals surface area contributed by atoms with Gasteiger partial charge < -0.3 is 5.32 Å². The first-order valence-corrected chi connectivity index (χ1v) is 11.8. The molecule has 30 heavy (non-hydrogen) atoms. The van der Waals surface area contributed by atoms with Gasteiger partial charge in [0.05, 0.1) is 39.4 Å². The highest BCUT2D eigenvalue weighted by Gasteiger charge is 2.15. The number of fused-ring (bicyclic) bond motifs is 1. The van der Waals surface area contributed by atoms with Crippen molar-refractivity contribution in [1.29, 1.82) is 0 Å². The van der Waals surface area contributed by atoms with Crippen molar-refractivity contribution < 1.29 is 13.2 Å². The van der Waals surface area contributed by atoms with Crippen LogP contribution in [-0.4, -0.2) is 35.8 Å². The first-order chi connectivity index (χ1) is 14.2. The van der Waals surface area contributed by atoms with Gasteiger partial charge in [0.1, 0.15) is 5.69 Å². The molecule has 2 aromatic carbocycles. The third-order valence-electron chi connectivity index (χ3n) is 4.25. The van der Waals surface area contributed by atoms with Gasteiger partial charge in [-0.25, -0.2) is 13.4 Å². The minimum absolute atomic E-state index is 0.268. The number of H-pyrrole nitrogens is 1. The second kappa shape index (κ2) is 7.71. The fourth-order valence-electron chi connectivity index (χ4n) is 2.96. The summed E-state index contributed by atoms with van der Waals surface area (Å²) in [6.07, 6.45) is 2.68. The largest absolute Gasteiger partial charge is 0.320 e. The van der Waals surface area contributed by atoms with Crippen molar-refractivity contribution in [3.63, 3.8) is 0 Å². The van der Waals surface area contributed by atoms with Gasteiger partial charge in [-0.3, -0.25) is 14.6 Å². The van der Waals surface area contributed by atoms with Gasteiger partial charge >= 0.3 is 0 Å². The van der Waals surface area contributed by atoms with E-state index in [1.165, 1.54) is 11.3 Å². The van der Waals surface area contributed by atoms with E-state index in [0.717, 1.165) is 22.2 Å². The predicted molar refractivity (Wildman–Crippen MR) is 120 cm³/mol. The molecular weight excluding hydrogens is 446 g/mol. The summed E-state index contributed by atoms with van der Waals surface area (Å²) in [5.41, 5.74) is 3.33. The van der Waals surface area contributed by atoms with Crippen molar-refractivity contribution in [2.45, 2.75) is 6.92 Å². The number of nitrogens with one attached hydrogen (secondary N) is 3. The third-order valence-corrected chi connectivity index (χ3v) is 5.95. The van der Waals surface area contributed by atoms with Crippen molar-refractivity contribution in [1.82, 2.24) is 15.2 Å². The van der Waals surface area contributed by atoms with Gasteiger partial charge in [0.2, 0.25) is 10.0 Å². The second-order valence-corrected chi connectivity index (χ2v) is 9.85. The summed E-state index contributed by atoms with van der Waals surface area (Å²) in [7, 11) is -3.49. The van der Waals surface area contributed by atoms with Crippen LogP contribution in [0.25, 0.3) is 22.0 Å². The number of rotatable bonds is 5. The molecule has 0 saturated carbocycles. The molecule has 0 bridgehead atoms. The van der Waals surface area contributed by atoms with Crippen LogP contribution in [0.3, 0.4) is 0 Å². The van der Waals surface area contributed by atoms with Crippen LogP contribution in [0, 0.1) is 6.92 Å². The number of benzene rings is 2. The van der Waals surface area contributed by atoms with Crippen LogP contribution in [0.5, 0.6) is 0 Å². The lowest BCUT2D eigenvalue weighted by Crippen LogP contribution is -2.12. The average molecular weight is 462 g/mol. The molecule has 0 aliphatic heterocycles. The zero-order valence-corrected chi connectivity index (χ0v) is 18.2. The highest BCUT2D eigenvalue weighted by molar-refractivity contribution is 7.92. The van der Waals surface area contributed by atoms with Crippen LogP contribution >= 0.6 is 22.9 Å². The van der Waals surface area contributed by atoms with Gasteiger partial charge in [0.15, 0.2) is 0 Å². The molecule has 2 aromatic heterocycles. The number of halogens is 1. The lowest BCUT2D eigenvalue weighted by atomic mass is 10.0. The first-order valence-electron chi connectivity index (χ1n) is 8.68. The maximum Gasteiger partial charge on any atom is 0.275 e. The van der Waals surface area contributed by atoms with Gasteiger partial charge in [-0.15, -0.1) is 11.3 Å². The smallest absolute Gasteiger partial charge is 0.275 e. The van der Waals surface area contributed by atoms with Crippen molar-refractivity contribution in [2.24, 2.45) is 0 Å². The van der Waals surface area contributed by atoms with Gasteiger partial charge in [-0.1, -0.05) is 17.7 Å². The summed E-state index contributed by atoms with van der Waals surface area (Å²) < 4.78 is 25.6. The molecule has 4 aromatic rings. The normalized spacial score (nSPS) is 11.6. The molecule has 154 valence electrons. The van der Waals surface area contributed by atoms with Crippen LogP contribution in [0.15, 0.2) is 41.9 Å². The fourth-order valence-corrected chi connectivity index (χ4v) is 4.34. The molecule has 1 amide bonds. The van der Waals surface area contributed by atoms with Gasteiger partial charge in [0, 0.05) is 10.8 Å². The number of hydrogen-bond donors (Lipinski definition) is 3. The molecule has 4 rings (SSSR count). The monoisotopic (exact) mass is 461 g/mol. The second-order valence-electron chi connectivity index (χ2n) is 6.63. The van der Waals surface area contributed by atoms with E-state index in [1.54, 1.807) is 35.8 Å². The standard InChI is InChI=1S/C19H16ClN5O3S2/c1-10-22-18(9-29-10)19(26)23-15-6-12(7-16-13(15)8-21-24-16)11-3-4-14(20)17(5-11)25-30(2,27)28/h3-9,25H,1-2H3,(H,21,24)(H,23,26). The van der Waals surface area contributed by atoms with E-state index >= 15 is 0 Å². The SMILES string of the molecule is Cc1nc(C(=O)Nc2cc(-c3ccc(Cl)c(NS(C)(=O)=O)c3)cc3[nH]ncc23)cs1. The molecule has 0 radical (unpaired) electrons. The van der Waals surface area contributed by atoms with E-state index in [4.69, 9.17) is 11.6 Å². The van der Waals surface area contributed by atoms with E-state index in [-0.39, 0.29) is 16.6 Å². The highest BCUT2D eigenvalue weighted by atomic mass is 35.5. The molecule has 0 aliphatic carbocycles. The van der Waals surface area contributed by atoms with E-state index in [0.29, 0.717) is 22.5 Å². The van der Waals surface area contributed by atoms with Crippen LogP contribution in [0.4, 0.5) is 11.4 Å². The Balaban J connectivity index is 1.76. The molecule has 2 heterocycles. The van der Waals surface area contributed by atoms with Crippen LogP contribution in [0.2, 0.25) is 5.02 Å². The number of aryl methyl sites for hydroxylation is 1. The maximum absolute atomic E-state index is 12.6. The maximum atomic E-state index is 12.6. The molecule has 3 N–H and O–H groups in total. The molecule has 0 aliphatic rings. The van der Waals surface area contributed by atoms with E-state index in [1.807, 2.05) is 13.0 Å². The van der Waals surface area contributed by atoms with Gasteiger partial charge in [0.25, 0.3) is 5.91 Å².